The lowest BCUT2D eigenvalue weighted by Crippen LogP contribution is -2.44. The Labute approximate surface area is 173 Å². The van der Waals surface area contributed by atoms with Crippen LogP contribution in [0.4, 0.5) is 9.18 Å². The number of hydrogen-bond donors (Lipinski definition) is 1. The molecule has 0 radical (unpaired) electrons. The second-order valence-corrected chi connectivity index (χ2v) is 8.09. The van der Waals surface area contributed by atoms with Crippen molar-refractivity contribution in [1.82, 2.24) is 10.2 Å². The van der Waals surface area contributed by atoms with Crippen molar-refractivity contribution >= 4 is 34.9 Å². The molecule has 0 unspecified atom stereocenters. The second kappa shape index (κ2) is 8.61. The van der Waals surface area contributed by atoms with Crippen molar-refractivity contribution in [2.45, 2.75) is 19.3 Å². The summed E-state index contributed by atoms with van der Waals surface area (Å²) in [6.45, 7) is 3.82. The van der Waals surface area contributed by atoms with Gasteiger partial charge in [0, 0.05) is 18.7 Å². The van der Waals surface area contributed by atoms with Crippen LogP contribution in [0.3, 0.4) is 0 Å². The van der Waals surface area contributed by atoms with Crippen molar-refractivity contribution in [2.75, 3.05) is 13.1 Å². The number of halogens is 1. The van der Waals surface area contributed by atoms with Gasteiger partial charge in [0.1, 0.15) is 5.82 Å². The van der Waals surface area contributed by atoms with Gasteiger partial charge in [0.15, 0.2) is 0 Å². The molecule has 2 aromatic rings. The molecular weight excluding hydrogens is 391 g/mol. The van der Waals surface area contributed by atoms with Crippen molar-refractivity contribution in [1.29, 1.82) is 0 Å². The summed E-state index contributed by atoms with van der Waals surface area (Å²) < 4.78 is 13.8. The van der Waals surface area contributed by atoms with Crippen LogP contribution in [0.2, 0.25) is 0 Å². The van der Waals surface area contributed by atoms with Gasteiger partial charge in [-0.25, -0.2) is 4.39 Å². The lowest BCUT2D eigenvalue weighted by atomic mass is 9.84. The van der Waals surface area contributed by atoms with Gasteiger partial charge in [-0.15, -0.1) is 0 Å². The highest BCUT2D eigenvalue weighted by molar-refractivity contribution is 8.18. The Morgan fingerprint density at radius 3 is 2.45 bits per heavy atom. The number of amides is 3. The first kappa shape index (κ1) is 20.8. The van der Waals surface area contributed by atoms with Crippen LogP contribution in [0, 0.1) is 5.82 Å². The second-order valence-electron chi connectivity index (χ2n) is 7.10. The maximum atomic E-state index is 13.8. The lowest BCUT2D eigenvalue weighted by molar-refractivity contribution is -0.126. The van der Waals surface area contributed by atoms with Gasteiger partial charge in [0.25, 0.3) is 11.1 Å². The van der Waals surface area contributed by atoms with Crippen molar-refractivity contribution in [3.8, 4) is 0 Å². The minimum absolute atomic E-state index is 0.0515. The Hall–Kier alpha value is -2.93. The SMILES string of the molecule is CC(C)(C(=O)NCCN1C(=O)S/C(=C\c2ccccc2F)C1=O)c1ccccc1. The molecule has 3 amide bonds. The van der Waals surface area contributed by atoms with Crippen LogP contribution >= 0.6 is 11.8 Å². The Morgan fingerprint density at radius 2 is 1.76 bits per heavy atom. The van der Waals surface area contributed by atoms with E-state index in [0.717, 1.165) is 22.2 Å². The number of carbonyl (C=O) groups excluding carboxylic acids is 3. The Bertz CT molecular complexity index is 973. The highest BCUT2D eigenvalue weighted by atomic mass is 32.2. The van der Waals surface area contributed by atoms with Crippen LogP contribution in [0.1, 0.15) is 25.0 Å². The molecular formula is C22H21FN2O3S. The molecule has 0 spiro atoms. The normalized spacial score (nSPS) is 15.8. The molecule has 3 rings (SSSR count). The van der Waals surface area contributed by atoms with Crippen LogP contribution in [0.25, 0.3) is 6.08 Å². The minimum Gasteiger partial charge on any atom is -0.354 e. The summed E-state index contributed by atoms with van der Waals surface area (Å²) in [5.41, 5.74) is 0.373. The number of benzene rings is 2. The largest absolute Gasteiger partial charge is 0.354 e. The average molecular weight is 412 g/mol. The standard InChI is InChI=1S/C22H21FN2O3S/c1-22(2,16-9-4-3-5-10-16)20(27)24-12-13-25-19(26)18(29-21(25)28)14-15-8-6-7-11-17(15)23/h3-11,14H,12-13H2,1-2H3,(H,24,27)/b18-14-. The highest BCUT2D eigenvalue weighted by Gasteiger charge is 2.35. The molecule has 150 valence electrons. The van der Waals surface area contributed by atoms with Crippen molar-refractivity contribution in [3.63, 3.8) is 0 Å². The first-order valence-corrected chi connectivity index (χ1v) is 9.96. The fourth-order valence-corrected chi connectivity index (χ4v) is 3.77. The molecule has 1 fully saturated rings. The fourth-order valence-electron chi connectivity index (χ4n) is 2.91. The third kappa shape index (κ3) is 4.56. The first-order valence-electron chi connectivity index (χ1n) is 9.14. The summed E-state index contributed by atoms with van der Waals surface area (Å²) in [6.07, 6.45) is 1.37. The zero-order valence-corrected chi connectivity index (χ0v) is 17.0. The van der Waals surface area contributed by atoms with E-state index in [1.54, 1.807) is 12.1 Å². The van der Waals surface area contributed by atoms with E-state index in [2.05, 4.69) is 5.32 Å². The summed E-state index contributed by atoms with van der Waals surface area (Å²) in [4.78, 5) is 38.5. The number of nitrogens with one attached hydrogen (secondary N) is 1. The Kier molecular flexibility index (Phi) is 6.17. The van der Waals surface area contributed by atoms with Crippen LogP contribution < -0.4 is 5.32 Å². The number of imide groups is 1. The van der Waals surface area contributed by atoms with E-state index < -0.39 is 22.4 Å². The molecule has 29 heavy (non-hydrogen) atoms. The maximum Gasteiger partial charge on any atom is 0.293 e. The number of thioether (sulfide) groups is 1. The van der Waals surface area contributed by atoms with E-state index in [1.165, 1.54) is 18.2 Å². The quantitative estimate of drug-likeness (QED) is 0.730. The maximum absolute atomic E-state index is 13.8. The van der Waals surface area contributed by atoms with E-state index in [4.69, 9.17) is 0 Å². The van der Waals surface area contributed by atoms with Gasteiger partial charge in [-0.05, 0) is 43.3 Å². The number of carbonyl (C=O) groups is 3. The molecule has 0 bridgehead atoms. The summed E-state index contributed by atoms with van der Waals surface area (Å²) in [7, 11) is 0. The minimum atomic E-state index is -0.745. The van der Waals surface area contributed by atoms with Crippen LogP contribution in [-0.2, 0) is 15.0 Å². The van der Waals surface area contributed by atoms with Gasteiger partial charge in [0.05, 0.1) is 10.3 Å². The number of rotatable bonds is 6. The van der Waals surface area contributed by atoms with Gasteiger partial charge < -0.3 is 5.32 Å². The predicted molar refractivity (Wildman–Crippen MR) is 112 cm³/mol. The fraction of sp³-hybridized carbons (Fsp3) is 0.227. The Balaban J connectivity index is 1.61. The summed E-state index contributed by atoms with van der Waals surface area (Å²) in [6, 6.07) is 15.4. The molecule has 5 nitrogen and oxygen atoms in total. The van der Waals surface area contributed by atoms with Crippen LogP contribution in [0.15, 0.2) is 59.5 Å². The molecule has 1 heterocycles. The summed E-state index contributed by atoms with van der Waals surface area (Å²) >= 11 is 0.766. The molecule has 0 saturated carbocycles. The van der Waals surface area contributed by atoms with Crippen molar-refractivity contribution < 1.29 is 18.8 Å². The molecule has 1 N–H and O–H groups in total. The molecule has 1 aliphatic rings. The van der Waals surface area contributed by atoms with Crippen molar-refractivity contribution in [3.05, 3.63) is 76.4 Å². The molecule has 0 aromatic heterocycles. The number of hydrogen-bond acceptors (Lipinski definition) is 4. The van der Waals surface area contributed by atoms with Gasteiger partial charge in [-0.3, -0.25) is 19.3 Å². The van der Waals surface area contributed by atoms with E-state index in [9.17, 15) is 18.8 Å². The molecule has 0 aliphatic carbocycles. The summed E-state index contributed by atoms with van der Waals surface area (Å²) in [5, 5.41) is 2.35. The zero-order valence-electron chi connectivity index (χ0n) is 16.1. The Morgan fingerprint density at radius 1 is 1.10 bits per heavy atom. The topological polar surface area (TPSA) is 66.5 Å². The van der Waals surface area contributed by atoms with E-state index in [1.807, 2.05) is 44.2 Å². The van der Waals surface area contributed by atoms with Gasteiger partial charge in [-0.1, -0.05) is 48.5 Å². The molecule has 1 aliphatic heterocycles. The monoisotopic (exact) mass is 412 g/mol. The third-order valence-electron chi connectivity index (χ3n) is 4.75. The lowest BCUT2D eigenvalue weighted by Gasteiger charge is -2.24. The van der Waals surface area contributed by atoms with E-state index in [-0.39, 0.29) is 29.5 Å². The predicted octanol–water partition coefficient (Wildman–Crippen LogP) is 3.96. The van der Waals surface area contributed by atoms with Crippen molar-refractivity contribution in [2.24, 2.45) is 0 Å². The van der Waals surface area contributed by atoms with Gasteiger partial charge >= 0.3 is 0 Å². The zero-order chi connectivity index (χ0) is 21.0. The highest BCUT2D eigenvalue weighted by Crippen LogP contribution is 2.32. The molecule has 1 saturated heterocycles. The molecule has 7 heteroatoms. The average Bonchev–Trinajstić information content (AvgIpc) is 2.97. The number of nitrogens with zero attached hydrogens (tertiary/aromatic N) is 1. The molecule has 2 aromatic carbocycles. The third-order valence-corrected chi connectivity index (χ3v) is 5.66. The van der Waals surface area contributed by atoms with E-state index in [0.29, 0.717) is 0 Å². The van der Waals surface area contributed by atoms with Gasteiger partial charge in [-0.2, -0.15) is 0 Å². The first-order chi connectivity index (χ1) is 13.8. The van der Waals surface area contributed by atoms with Crippen LogP contribution in [0.5, 0.6) is 0 Å². The van der Waals surface area contributed by atoms with Gasteiger partial charge in [0.2, 0.25) is 5.91 Å². The smallest absolute Gasteiger partial charge is 0.293 e. The van der Waals surface area contributed by atoms with Crippen LogP contribution in [-0.4, -0.2) is 35.0 Å². The summed E-state index contributed by atoms with van der Waals surface area (Å²) in [5.74, 6) is -1.15. The molecule has 0 atom stereocenters. The van der Waals surface area contributed by atoms with E-state index >= 15 is 0 Å².